The summed E-state index contributed by atoms with van der Waals surface area (Å²) >= 11 is 0. The van der Waals surface area contributed by atoms with Gasteiger partial charge in [-0.25, -0.2) is 0 Å². The summed E-state index contributed by atoms with van der Waals surface area (Å²) in [5.41, 5.74) is 4.56. The van der Waals surface area contributed by atoms with E-state index in [1.54, 1.807) is 5.57 Å². The Morgan fingerprint density at radius 3 is 2.65 bits per heavy atom. The predicted molar refractivity (Wildman–Crippen MR) is 125 cm³/mol. The van der Waals surface area contributed by atoms with E-state index in [2.05, 4.69) is 44.5 Å². The number of aliphatic hydroxyl groups excluding tert-OH is 3. The van der Waals surface area contributed by atoms with Crippen molar-refractivity contribution in [3.05, 3.63) is 47.6 Å². The monoisotopic (exact) mass is 427 g/mol. The Labute approximate surface area is 187 Å². The Bertz CT molecular complexity index is 783. The molecule has 31 heavy (non-hydrogen) atoms. The van der Waals surface area contributed by atoms with Gasteiger partial charge in [0.15, 0.2) is 0 Å². The molecule has 8 atom stereocenters. The van der Waals surface area contributed by atoms with Crippen LogP contribution in [0.5, 0.6) is 0 Å². The Balaban J connectivity index is 1.47. The van der Waals surface area contributed by atoms with Crippen LogP contribution < -0.4 is 5.32 Å². The zero-order valence-electron chi connectivity index (χ0n) is 19.3. The second-order valence-corrected chi connectivity index (χ2v) is 11.0. The van der Waals surface area contributed by atoms with Gasteiger partial charge >= 0.3 is 0 Å². The van der Waals surface area contributed by atoms with Gasteiger partial charge in [0.25, 0.3) is 0 Å². The fourth-order valence-corrected chi connectivity index (χ4v) is 7.27. The topological polar surface area (TPSA) is 72.7 Å². The Morgan fingerprint density at radius 2 is 1.94 bits per heavy atom. The van der Waals surface area contributed by atoms with Gasteiger partial charge in [-0.3, -0.25) is 5.32 Å². The summed E-state index contributed by atoms with van der Waals surface area (Å²) in [6, 6.07) is 0.346. The van der Waals surface area contributed by atoms with Gasteiger partial charge < -0.3 is 15.3 Å². The molecule has 4 heteroatoms. The van der Waals surface area contributed by atoms with Crippen molar-refractivity contribution in [2.75, 3.05) is 0 Å². The molecule has 0 aromatic rings. The minimum atomic E-state index is -0.625. The molecule has 0 amide bonds. The first-order valence-electron chi connectivity index (χ1n) is 12.3. The van der Waals surface area contributed by atoms with E-state index in [4.69, 9.17) is 0 Å². The quantitative estimate of drug-likeness (QED) is 0.502. The highest BCUT2D eigenvalue weighted by atomic mass is 16.3. The van der Waals surface area contributed by atoms with E-state index < -0.39 is 18.4 Å². The lowest BCUT2D eigenvalue weighted by atomic mass is 9.60. The summed E-state index contributed by atoms with van der Waals surface area (Å²) in [6.07, 6.45) is 12.0. The molecule has 0 radical (unpaired) electrons. The van der Waals surface area contributed by atoms with E-state index in [9.17, 15) is 15.3 Å². The smallest absolute Gasteiger partial charge is 0.127 e. The van der Waals surface area contributed by atoms with Crippen molar-refractivity contribution in [2.24, 2.45) is 23.2 Å². The van der Waals surface area contributed by atoms with Gasteiger partial charge in [0.05, 0.1) is 12.2 Å². The summed E-state index contributed by atoms with van der Waals surface area (Å²) in [6.45, 7) is 13.0. The maximum Gasteiger partial charge on any atom is 0.127 e. The van der Waals surface area contributed by atoms with Crippen molar-refractivity contribution >= 4 is 0 Å². The molecule has 4 rings (SSSR count). The number of hydrogen-bond acceptors (Lipinski definition) is 4. The summed E-state index contributed by atoms with van der Waals surface area (Å²) in [7, 11) is 0. The number of hydrogen-bond donors (Lipinski definition) is 4. The van der Waals surface area contributed by atoms with E-state index in [1.807, 2.05) is 0 Å². The van der Waals surface area contributed by atoms with Crippen molar-refractivity contribution in [3.8, 4) is 0 Å². The number of aliphatic hydroxyl groups is 3. The van der Waals surface area contributed by atoms with Crippen molar-refractivity contribution in [1.82, 2.24) is 5.32 Å². The third kappa shape index (κ3) is 4.50. The van der Waals surface area contributed by atoms with Crippen molar-refractivity contribution < 1.29 is 15.3 Å². The first-order chi connectivity index (χ1) is 14.7. The first-order valence-corrected chi connectivity index (χ1v) is 12.3. The largest absolute Gasteiger partial charge is 0.393 e. The van der Waals surface area contributed by atoms with Gasteiger partial charge in [-0.2, -0.15) is 0 Å². The zero-order valence-corrected chi connectivity index (χ0v) is 19.3. The fourth-order valence-electron chi connectivity index (χ4n) is 7.27. The Kier molecular flexibility index (Phi) is 6.65. The van der Waals surface area contributed by atoms with Gasteiger partial charge in [0, 0.05) is 12.5 Å². The lowest BCUT2D eigenvalue weighted by Crippen LogP contribution is -2.38. The lowest BCUT2D eigenvalue weighted by molar-refractivity contribution is 0.0858. The molecule has 4 N–H and O–H groups in total. The van der Waals surface area contributed by atoms with E-state index >= 15 is 0 Å². The SMILES string of the molecule is C=C1CC(C[C@@H](C)[C@H]2CCC3/C(=C/C=C4/C[C@@H](O)C[C@H](O)C4=C)CCC[C@@]32C)NC1O. The minimum Gasteiger partial charge on any atom is -0.393 e. The molecule has 3 saturated carbocycles. The number of nitrogens with one attached hydrogen (secondary N) is 1. The predicted octanol–water partition coefficient (Wildman–Crippen LogP) is 4.39. The second-order valence-electron chi connectivity index (χ2n) is 11.0. The van der Waals surface area contributed by atoms with Crippen LogP contribution in [0.15, 0.2) is 47.6 Å². The molecule has 3 unspecified atom stereocenters. The van der Waals surface area contributed by atoms with Gasteiger partial charge in [-0.15, -0.1) is 0 Å². The van der Waals surface area contributed by atoms with E-state index in [-0.39, 0.29) is 0 Å². The van der Waals surface area contributed by atoms with Gasteiger partial charge in [0.2, 0.25) is 0 Å². The molecular formula is C27H41NO3. The maximum atomic E-state index is 10.1. The van der Waals surface area contributed by atoms with Gasteiger partial charge in [-0.05, 0) is 91.3 Å². The molecule has 0 spiro atoms. The summed E-state index contributed by atoms with van der Waals surface area (Å²) in [5, 5.41) is 33.5. The molecule has 4 fully saturated rings. The normalized spacial score (nSPS) is 44.8. The fraction of sp³-hybridized carbons (Fsp3) is 0.704. The molecule has 1 aliphatic heterocycles. The van der Waals surface area contributed by atoms with Crippen molar-refractivity contribution in [3.63, 3.8) is 0 Å². The highest BCUT2D eigenvalue weighted by Crippen LogP contribution is 2.60. The van der Waals surface area contributed by atoms with E-state index in [0.29, 0.717) is 42.1 Å². The molecule has 1 saturated heterocycles. The van der Waals surface area contributed by atoms with E-state index in [0.717, 1.165) is 36.0 Å². The highest BCUT2D eigenvalue weighted by Gasteiger charge is 2.51. The first kappa shape index (κ1) is 23.0. The lowest BCUT2D eigenvalue weighted by Gasteiger charge is -2.44. The minimum absolute atomic E-state index is 0.332. The van der Waals surface area contributed by atoms with Crippen LogP contribution in [-0.4, -0.2) is 39.8 Å². The molecule has 1 heterocycles. The number of fused-ring (bicyclic) bond motifs is 1. The van der Waals surface area contributed by atoms with E-state index in [1.165, 1.54) is 25.7 Å². The van der Waals surface area contributed by atoms with Crippen LogP contribution in [0.1, 0.15) is 71.6 Å². The van der Waals surface area contributed by atoms with Crippen LogP contribution in [0, 0.1) is 23.2 Å². The van der Waals surface area contributed by atoms with Crippen LogP contribution >= 0.6 is 0 Å². The van der Waals surface area contributed by atoms with Gasteiger partial charge in [0.1, 0.15) is 6.23 Å². The van der Waals surface area contributed by atoms with Crippen molar-refractivity contribution in [2.45, 2.75) is 96.1 Å². The molecule has 3 aliphatic carbocycles. The van der Waals surface area contributed by atoms with Crippen LogP contribution in [0.2, 0.25) is 0 Å². The standard InChI is InChI=1S/C27H41NO3/c1-16(12-21-13-17(2)26(31)28-21)23-9-10-24-19(6-5-11-27(23,24)4)7-8-20-14-22(29)15-25(30)18(20)3/h7-8,16,21-26,28-31H,2-3,5-6,9-15H2,1,4H3/b19-7+,20-8-/t16-,21?,22-,23-,24?,25+,26?,27-/m1/s1. The second kappa shape index (κ2) is 8.97. The maximum absolute atomic E-state index is 10.1. The number of allylic oxidation sites excluding steroid dienone is 3. The molecular weight excluding hydrogens is 386 g/mol. The zero-order chi connectivity index (χ0) is 22.3. The summed E-state index contributed by atoms with van der Waals surface area (Å²) in [5.74, 6) is 1.94. The van der Waals surface area contributed by atoms with Crippen molar-refractivity contribution in [1.29, 1.82) is 0 Å². The molecule has 4 nitrogen and oxygen atoms in total. The molecule has 0 aromatic carbocycles. The van der Waals surface area contributed by atoms with Crippen LogP contribution in [0.4, 0.5) is 0 Å². The molecule has 4 aliphatic rings. The third-order valence-electron chi connectivity index (χ3n) is 8.93. The highest BCUT2D eigenvalue weighted by molar-refractivity contribution is 5.38. The van der Waals surface area contributed by atoms with Gasteiger partial charge in [-0.1, -0.05) is 44.7 Å². The third-order valence-corrected chi connectivity index (χ3v) is 8.93. The Hall–Kier alpha value is -1.20. The average molecular weight is 428 g/mol. The Morgan fingerprint density at radius 1 is 1.16 bits per heavy atom. The average Bonchev–Trinajstić information content (AvgIpc) is 3.22. The van der Waals surface area contributed by atoms with Crippen LogP contribution in [-0.2, 0) is 0 Å². The number of rotatable bonds is 4. The molecule has 172 valence electrons. The molecule has 0 aromatic heterocycles. The summed E-state index contributed by atoms with van der Waals surface area (Å²) in [4.78, 5) is 0. The molecule has 0 bridgehead atoms. The van der Waals surface area contributed by atoms with Crippen LogP contribution in [0.3, 0.4) is 0 Å². The summed E-state index contributed by atoms with van der Waals surface area (Å²) < 4.78 is 0. The van der Waals surface area contributed by atoms with Crippen LogP contribution in [0.25, 0.3) is 0 Å².